The molecule has 0 spiro atoms. The summed E-state index contributed by atoms with van der Waals surface area (Å²) in [5, 5.41) is 55.7. The molecule has 0 radical (unpaired) electrons. The Hall–Kier alpha value is -1.78. The van der Waals surface area contributed by atoms with Gasteiger partial charge in [0, 0.05) is 10.0 Å². The molecular formula is C17H11Br2ClF3N3O6. The second kappa shape index (κ2) is 8.22. The Kier molecular flexibility index (Phi) is 6.38. The van der Waals surface area contributed by atoms with Gasteiger partial charge in [-0.25, -0.2) is 4.39 Å². The standard InChI is InChI=1S/C17H11Br2ClF3N3O6/c18-7-4-9-12(11(19)10(7)13(27)6-3-5(21)1-2-8(6)20)25(14(22)23)15(24)26(9)16(28,29)17(30,31)32/h1-4,14,24,28-32H. The SMILES string of the molecule is N=c1n(C(F)F)c2c(Br)c(C(=O)c3cc(F)ccc3Cl)c(Br)cc2n1C(O)(O)C(O)(O)O. The van der Waals surface area contributed by atoms with Crippen LogP contribution in [0.25, 0.3) is 11.0 Å². The fraction of sp³-hybridized carbons (Fsp3) is 0.176. The van der Waals surface area contributed by atoms with Gasteiger partial charge < -0.3 is 25.5 Å². The summed E-state index contributed by atoms with van der Waals surface area (Å²) in [6.07, 6.45) is 0. The van der Waals surface area contributed by atoms with Crippen molar-refractivity contribution in [3.05, 3.63) is 60.8 Å². The number of ketones is 1. The molecule has 0 saturated heterocycles. The predicted octanol–water partition coefficient (Wildman–Crippen LogP) is 2.09. The molecule has 172 valence electrons. The van der Waals surface area contributed by atoms with Crippen LogP contribution in [0.3, 0.4) is 0 Å². The van der Waals surface area contributed by atoms with Crippen molar-refractivity contribution in [2.24, 2.45) is 0 Å². The second-order valence-electron chi connectivity index (χ2n) is 6.45. The monoisotopic (exact) mass is 603 g/mol. The number of fused-ring (bicyclic) bond motifs is 1. The van der Waals surface area contributed by atoms with E-state index < -0.39 is 51.2 Å². The highest BCUT2D eigenvalue weighted by molar-refractivity contribution is 9.11. The van der Waals surface area contributed by atoms with Crippen molar-refractivity contribution in [2.75, 3.05) is 0 Å². The summed E-state index contributed by atoms with van der Waals surface area (Å²) < 4.78 is 40.5. The van der Waals surface area contributed by atoms with Gasteiger partial charge in [-0.3, -0.25) is 19.3 Å². The van der Waals surface area contributed by atoms with Crippen LogP contribution >= 0.6 is 43.5 Å². The maximum absolute atomic E-state index is 13.8. The number of aromatic nitrogens is 2. The minimum absolute atomic E-state index is 0.0806. The van der Waals surface area contributed by atoms with Gasteiger partial charge in [-0.05, 0) is 56.1 Å². The number of nitrogens with zero attached hydrogens (tertiary/aromatic N) is 2. The topological polar surface area (TPSA) is 152 Å². The number of hydrogen-bond donors (Lipinski definition) is 6. The van der Waals surface area contributed by atoms with Gasteiger partial charge in [0.25, 0.3) is 0 Å². The van der Waals surface area contributed by atoms with E-state index in [4.69, 9.17) is 17.0 Å². The van der Waals surface area contributed by atoms with Crippen LogP contribution in [0.15, 0.2) is 33.2 Å². The third kappa shape index (κ3) is 3.80. The number of alkyl halides is 2. The molecule has 6 N–H and O–H groups in total. The first-order valence-corrected chi connectivity index (χ1v) is 10.2. The van der Waals surface area contributed by atoms with E-state index in [2.05, 4.69) is 31.9 Å². The van der Waals surface area contributed by atoms with E-state index in [1.807, 2.05) is 0 Å². The average molecular weight is 606 g/mol. The van der Waals surface area contributed by atoms with E-state index in [9.17, 15) is 43.5 Å². The number of carbonyl (C=O) groups is 1. The smallest absolute Gasteiger partial charge is 0.342 e. The van der Waals surface area contributed by atoms with Crippen molar-refractivity contribution in [2.45, 2.75) is 18.4 Å². The number of aliphatic hydroxyl groups is 5. The number of imidazole rings is 1. The number of rotatable bonds is 5. The molecule has 0 saturated carbocycles. The number of benzene rings is 2. The van der Waals surface area contributed by atoms with Crippen LogP contribution in [0.2, 0.25) is 5.02 Å². The van der Waals surface area contributed by atoms with Crippen molar-refractivity contribution in [3.8, 4) is 0 Å². The minimum Gasteiger partial charge on any atom is -0.342 e. The Morgan fingerprint density at radius 1 is 1.12 bits per heavy atom. The van der Waals surface area contributed by atoms with Crippen molar-refractivity contribution >= 4 is 60.3 Å². The van der Waals surface area contributed by atoms with Gasteiger partial charge in [-0.15, -0.1) is 0 Å². The Bertz CT molecular complexity index is 1320. The first-order valence-electron chi connectivity index (χ1n) is 8.21. The lowest BCUT2D eigenvalue weighted by Gasteiger charge is -2.30. The van der Waals surface area contributed by atoms with Crippen molar-refractivity contribution in [3.63, 3.8) is 0 Å². The van der Waals surface area contributed by atoms with Crippen molar-refractivity contribution in [1.82, 2.24) is 9.13 Å². The summed E-state index contributed by atoms with van der Waals surface area (Å²) >= 11 is 11.9. The largest absolute Gasteiger partial charge is 0.355 e. The first kappa shape index (κ1) is 24.9. The van der Waals surface area contributed by atoms with Crippen LogP contribution in [0.4, 0.5) is 13.2 Å². The molecule has 0 atom stereocenters. The number of carbonyl (C=O) groups excluding carboxylic acids is 1. The molecular weight excluding hydrogens is 594 g/mol. The highest BCUT2D eigenvalue weighted by Gasteiger charge is 2.51. The van der Waals surface area contributed by atoms with Gasteiger partial charge in [0.1, 0.15) is 5.82 Å². The van der Waals surface area contributed by atoms with Gasteiger partial charge in [0.2, 0.25) is 5.62 Å². The number of halogens is 6. The third-order valence-electron chi connectivity index (χ3n) is 4.45. The quantitative estimate of drug-likeness (QED) is 0.194. The molecule has 32 heavy (non-hydrogen) atoms. The zero-order chi connectivity index (χ0) is 24.3. The van der Waals surface area contributed by atoms with Crippen LogP contribution in [0.1, 0.15) is 22.5 Å². The molecule has 0 aliphatic carbocycles. The summed E-state index contributed by atoms with van der Waals surface area (Å²) in [5.41, 5.74) is -3.35. The number of nitrogens with one attached hydrogen (secondary N) is 1. The van der Waals surface area contributed by atoms with Gasteiger partial charge in [0.15, 0.2) is 5.78 Å². The fourth-order valence-electron chi connectivity index (χ4n) is 2.99. The van der Waals surface area contributed by atoms with E-state index in [0.29, 0.717) is 0 Å². The summed E-state index contributed by atoms with van der Waals surface area (Å²) in [6, 6.07) is 3.80. The van der Waals surface area contributed by atoms with Gasteiger partial charge in [0.05, 0.1) is 26.1 Å². The molecule has 0 bridgehead atoms. The lowest BCUT2D eigenvalue weighted by Crippen LogP contribution is -2.58. The van der Waals surface area contributed by atoms with E-state index in [1.54, 1.807) is 0 Å². The Morgan fingerprint density at radius 3 is 2.25 bits per heavy atom. The normalized spacial score (nSPS) is 12.8. The molecule has 0 aliphatic rings. The van der Waals surface area contributed by atoms with Crippen LogP contribution in [0, 0.1) is 11.2 Å². The fourth-order valence-corrected chi connectivity index (χ4v) is 4.85. The van der Waals surface area contributed by atoms with E-state index in [1.165, 1.54) is 0 Å². The zero-order valence-corrected chi connectivity index (χ0v) is 19.1. The van der Waals surface area contributed by atoms with E-state index in [0.717, 1.165) is 24.3 Å². The molecule has 2 aromatic carbocycles. The summed E-state index contributed by atoms with van der Waals surface area (Å²) in [5.74, 6) is -10.1. The summed E-state index contributed by atoms with van der Waals surface area (Å²) in [6.45, 7) is -3.49. The Morgan fingerprint density at radius 2 is 1.72 bits per heavy atom. The summed E-state index contributed by atoms with van der Waals surface area (Å²) in [4.78, 5) is 13.1. The predicted molar refractivity (Wildman–Crippen MR) is 109 cm³/mol. The van der Waals surface area contributed by atoms with E-state index >= 15 is 0 Å². The molecule has 15 heteroatoms. The van der Waals surface area contributed by atoms with Gasteiger partial charge in [-0.1, -0.05) is 11.6 Å². The third-order valence-corrected chi connectivity index (χ3v) is 6.18. The van der Waals surface area contributed by atoms with Crippen LogP contribution in [-0.4, -0.2) is 46.4 Å². The van der Waals surface area contributed by atoms with Crippen LogP contribution < -0.4 is 5.62 Å². The lowest BCUT2D eigenvalue weighted by molar-refractivity contribution is -0.480. The zero-order valence-electron chi connectivity index (χ0n) is 15.2. The maximum atomic E-state index is 13.8. The maximum Gasteiger partial charge on any atom is 0.355 e. The van der Waals surface area contributed by atoms with Crippen molar-refractivity contribution < 1.29 is 43.5 Å². The molecule has 0 amide bonds. The molecule has 0 fully saturated rings. The molecule has 1 heterocycles. The van der Waals surface area contributed by atoms with Gasteiger partial charge in [-0.2, -0.15) is 8.78 Å². The second-order valence-corrected chi connectivity index (χ2v) is 8.50. The van der Waals surface area contributed by atoms with E-state index in [-0.39, 0.29) is 29.8 Å². The van der Waals surface area contributed by atoms with Gasteiger partial charge >= 0.3 is 18.4 Å². The minimum atomic E-state index is -4.28. The first-order chi connectivity index (χ1) is 14.6. The van der Waals surface area contributed by atoms with Crippen LogP contribution in [0.5, 0.6) is 0 Å². The molecule has 0 unspecified atom stereocenters. The highest BCUT2D eigenvalue weighted by atomic mass is 79.9. The molecule has 3 aromatic rings. The molecule has 3 rings (SSSR count). The molecule has 0 aliphatic heterocycles. The van der Waals surface area contributed by atoms with Crippen LogP contribution in [-0.2, 0) is 5.91 Å². The molecule has 1 aromatic heterocycles. The molecule has 9 nitrogen and oxygen atoms in total. The average Bonchev–Trinajstić information content (AvgIpc) is 2.95. The van der Waals surface area contributed by atoms with Crippen molar-refractivity contribution in [1.29, 1.82) is 5.41 Å². The highest BCUT2D eigenvalue weighted by Crippen LogP contribution is 2.39. The number of hydrogen-bond acceptors (Lipinski definition) is 7. The lowest BCUT2D eigenvalue weighted by atomic mass is 10.0. The summed E-state index contributed by atoms with van der Waals surface area (Å²) in [7, 11) is 0. The Labute approximate surface area is 197 Å². The Balaban J connectivity index is 2.46.